The summed E-state index contributed by atoms with van der Waals surface area (Å²) in [7, 11) is 0. The Morgan fingerprint density at radius 3 is 2.67 bits per heavy atom. The molecule has 0 aromatic carbocycles. The molecule has 0 aromatic rings. The molecule has 0 spiro atoms. The monoisotopic (exact) mass is 214 g/mol. The summed E-state index contributed by atoms with van der Waals surface area (Å²) in [4.78, 5) is 11.7. The van der Waals surface area contributed by atoms with Gasteiger partial charge in [-0.3, -0.25) is 4.79 Å². The van der Waals surface area contributed by atoms with Crippen LogP contribution in [0.4, 0.5) is 0 Å². The fraction of sp³-hybridized carbons (Fsp3) is 0.909. The van der Waals surface area contributed by atoms with Crippen molar-refractivity contribution in [3.8, 4) is 0 Å². The summed E-state index contributed by atoms with van der Waals surface area (Å²) in [6, 6.07) is 0. The Morgan fingerprint density at radius 2 is 2.13 bits per heavy atom. The number of hydrogen-bond acceptors (Lipinski definition) is 3. The average Bonchev–Trinajstić information content (AvgIpc) is 2.27. The van der Waals surface area contributed by atoms with Gasteiger partial charge in [0.15, 0.2) is 0 Å². The van der Waals surface area contributed by atoms with Crippen molar-refractivity contribution in [1.29, 1.82) is 0 Å². The maximum absolute atomic E-state index is 11.7. The van der Waals surface area contributed by atoms with Gasteiger partial charge in [-0.2, -0.15) is 0 Å². The van der Waals surface area contributed by atoms with Crippen LogP contribution in [0.2, 0.25) is 0 Å². The molecule has 1 unspecified atom stereocenters. The first-order valence-electron chi connectivity index (χ1n) is 5.71. The molecule has 0 radical (unpaired) electrons. The number of amides is 1. The minimum atomic E-state index is -0.731. The van der Waals surface area contributed by atoms with Crippen LogP contribution in [0.25, 0.3) is 0 Å². The van der Waals surface area contributed by atoms with E-state index in [0.29, 0.717) is 12.3 Å². The summed E-state index contributed by atoms with van der Waals surface area (Å²) in [6.07, 6.45) is 2.73. The van der Waals surface area contributed by atoms with Crippen LogP contribution >= 0.6 is 0 Å². The SMILES string of the molecule is CCC(C)(N)C(=O)NCC1CCOCC1. The molecule has 4 heteroatoms. The number of carbonyl (C=O) groups is 1. The van der Waals surface area contributed by atoms with Crippen LogP contribution in [0.1, 0.15) is 33.1 Å². The van der Waals surface area contributed by atoms with Gasteiger partial charge in [-0.1, -0.05) is 6.92 Å². The lowest BCUT2D eigenvalue weighted by atomic mass is 9.97. The quantitative estimate of drug-likeness (QED) is 0.722. The molecule has 1 aliphatic heterocycles. The molecule has 1 fully saturated rings. The smallest absolute Gasteiger partial charge is 0.239 e. The third-order valence-electron chi connectivity index (χ3n) is 3.15. The predicted octanol–water partition coefficient (Wildman–Crippen LogP) is 0.657. The molecule has 15 heavy (non-hydrogen) atoms. The fourth-order valence-corrected chi connectivity index (χ4v) is 1.55. The van der Waals surface area contributed by atoms with Gasteiger partial charge in [0.1, 0.15) is 0 Å². The first kappa shape index (κ1) is 12.5. The highest BCUT2D eigenvalue weighted by Crippen LogP contribution is 2.13. The first-order chi connectivity index (χ1) is 7.06. The number of rotatable bonds is 4. The number of hydrogen-bond donors (Lipinski definition) is 2. The summed E-state index contributed by atoms with van der Waals surface area (Å²) in [5.41, 5.74) is 5.11. The molecule has 1 saturated heterocycles. The lowest BCUT2D eigenvalue weighted by Gasteiger charge is -2.26. The summed E-state index contributed by atoms with van der Waals surface area (Å²) in [6.45, 7) is 6.05. The van der Waals surface area contributed by atoms with Gasteiger partial charge >= 0.3 is 0 Å². The summed E-state index contributed by atoms with van der Waals surface area (Å²) in [5.74, 6) is 0.506. The second-order valence-corrected chi connectivity index (χ2v) is 4.54. The van der Waals surface area contributed by atoms with E-state index >= 15 is 0 Å². The molecule has 1 heterocycles. The highest BCUT2D eigenvalue weighted by atomic mass is 16.5. The van der Waals surface area contributed by atoms with Crippen molar-refractivity contribution in [3.05, 3.63) is 0 Å². The van der Waals surface area contributed by atoms with E-state index in [4.69, 9.17) is 10.5 Å². The molecule has 1 amide bonds. The van der Waals surface area contributed by atoms with E-state index in [9.17, 15) is 4.79 Å². The van der Waals surface area contributed by atoms with Crippen LogP contribution in [0, 0.1) is 5.92 Å². The van der Waals surface area contributed by atoms with Crippen molar-refractivity contribution >= 4 is 5.91 Å². The van der Waals surface area contributed by atoms with E-state index < -0.39 is 5.54 Å². The predicted molar refractivity (Wildman–Crippen MR) is 59.4 cm³/mol. The van der Waals surface area contributed by atoms with Crippen LogP contribution < -0.4 is 11.1 Å². The van der Waals surface area contributed by atoms with Crippen molar-refractivity contribution in [1.82, 2.24) is 5.32 Å². The topological polar surface area (TPSA) is 64.4 Å². The molecule has 1 aliphatic rings. The molecule has 3 N–H and O–H groups in total. The maximum atomic E-state index is 11.7. The summed E-state index contributed by atoms with van der Waals surface area (Å²) < 4.78 is 5.26. The largest absolute Gasteiger partial charge is 0.381 e. The van der Waals surface area contributed by atoms with Gasteiger partial charge in [0.2, 0.25) is 5.91 Å². The van der Waals surface area contributed by atoms with Crippen molar-refractivity contribution in [2.75, 3.05) is 19.8 Å². The Morgan fingerprint density at radius 1 is 1.53 bits per heavy atom. The number of nitrogens with two attached hydrogens (primary N) is 1. The molecule has 0 saturated carbocycles. The lowest BCUT2D eigenvalue weighted by Crippen LogP contribution is -2.52. The van der Waals surface area contributed by atoms with Gasteiger partial charge < -0.3 is 15.8 Å². The van der Waals surface area contributed by atoms with E-state index in [1.165, 1.54) is 0 Å². The molecule has 4 nitrogen and oxygen atoms in total. The second kappa shape index (κ2) is 5.47. The van der Waals surface area contributed by atoms with Gasteiger partial charge in [-0.05, 0) is 32.1 Å². The highest BCUT2D eigenvalue weighted by Gasteiger charge is 2.26. The molecule has 1 rings (SSSR count). The zero-order chi connectivity index (χ0) is 11.3. The number of ether oxygens (including phenoxy) is 1. The Bertz CT molecular complexity index is 211. The zero-order valence-electron chi connectivity index (χ0n) is 9.71. The molecule has 0 aromatic heterocycles. The Hall–Kier alpha value is -0.610. The van der Waals surface area contributed by atoms with E-state index in [2.05, 4.69) is 5.32 Å². The van der Waals surface area contributed by atoms with Crippen LogP contribution in [-0.4, -0.2) is 31.2 Å². The second-order valence-electron chi connectivity index (χ2n) is 4.54. The molecule has 1 atom stereocenters. The number of nitrogens with one attached hydrogen (secondary N) is 1. The Labute approximate surface area is 91.5 Å². The van der Waals surface area contributed by atoms with Crippen molar-refractivity contribution in [2.45, 2.75) is 38.6 Å². The van der Waals surface area contributed by atoms with Crippen molar-refractivity contribution in [2.24, 2.45) is 11.7 Å². The van der Waals surface area contributed by atoms with Crippen LogP contribution in [0.3, 0.4) is 0 Å². The summed E-state index contributed by atoms with van der Waals surface area (Å²) >= 11 is 0. The third kappa shape index (κ3) is 3.80. The summed E-state index contributed by atoms with van der Waals surface area (Å²) in [5, 5.41) is 2.92. The van der Waals surface area contributed by atoms with E-state index in [1.807, 2.05) is 6.92 Å². The molecule has 88 valence electrons. The highest BCUT2D eigenvalue weighted by molar-refractivity contribution is 5.85. The lowest BCUT2D eigenvalue weighted by molar-refractivity contribution is -0.126. The van der Waals surface area contributed by atoms with Gasteiger partial charge in [0, 0.05) is 19.8 Å². The Balaban J connectivity index is 2.26. The number of carbonyl (C=O) groups excluding carboxylic acids is 1. The van der Waals surface area contributed by atoms with E-state index in [0.717, 1.165) is 32.6 Å². The van der Waals surface area contributed by atoms with Crippen LogP contribution in [-0.2, 0) is 9.53 Å². The van der Waals surface area contributed by atoms with E-state index in [1.54, 1.807) is 6.92 Å². The molecular formula is C11H22N2O2. The minimum absolute atomic E-state index is 0.0449. The van der Waals surface area contributed by atoms with Gasteiger partial charge in [0.25, 0.3) is 0 Å². The molecule has 0 bridgehead atoms. The third-order valence-corrected chi connectivity index (χ3v) is 3.15. The first-order valence-corrected chi connectivity index (χ1v) is 5.71. The minimum Gasteiger partial charge on any atom is -0.381 e. The standard InChI is InChI=1S/C11H22N2O2/c1-3-11(2,12)10(14)13-8-9-4-6-15-7-5-9/h9H,3-8,12H2,1-2H3,(H,13,14). The van der Waals surface area contributed by atoms with Crippen molar-refractivity contribution < 1.29 is 9.53 Å². The van der Waals surface area contributed by atoms with Gasteiger partial charge in [-0.25, -0.2) is 0 Å². The molecular weight excluding hydrogens is 192 g/mol. The van der Waals surface area contributed by atoms with Crippen molar-refractivity contribution in [3.63, 3.8) is 0 Å². The van der Waals surface area contributed by atoms with Gasteiger partial charge in [-0.15, -0.1) is 0 Å². The fourth-order valence-electron chi connectivity index (χ4n) is 1.55. The maximum Gasteiger partial charge on any atom is 0.239 e. The zero-order valence-corrected chi connectivity index (χ0v) is 9.71. The van der Waals surface area contributed by atoms with Gasteiger partial charge in [0.05, 0.1) is 5.54 Å². The van der Waals surface area contributed by atoms with E-state index in [-0.39, 0.29) is 5.91 Å². The van der Waals surface area contributed by atoms with Crippen LogP contribution in [0.15, 0.2) is 0 Å². The van der Waals surface area contributed by atoms with Crippen LogP contribution in [0.5, 0.6) is 0 Å². The average molecular weight is 214 g/mol. The Kier molecular flexibility index (Phi) is 4.54. The normalized spacial score (nSPS) is 22.1. The molecule has 0 aliphatic carbocycles.